The lowest BCUT2D eigenvalue weighted by Crippen LogP contribution is -2.00. The number of halogens is 1. The number of ether oxygens (including phenoxy) is 1. The quantitative estimate of drug-likeness (QED) is 0.528. The summed E-state index contributed by atoms with van der Waals surface area (Å²) in [6, 6.07) is 1.82. The molecular formula is C7H7ClO2S. The number of esters is 1. The Bertz CT molecular complexity index is 257. The van der Waals surface area contributed by atoms with Crippen molar-refractivity contribution in [2.45, 2.75) is 5.88 Å². The first-order chi connectivity index (χ1) is 5.29. The molecule has 0 aliphatic carbocycles. The van der Waals surface area contributed by atoms with E-state index >= 15 is 0 Å². The number of carbonyl (C=O) groups is 1. The minimum Gasteiger partial charge on any atom is -0.465 e. The summed E-state index contributed by atoms with van der Waals surface area (Å²) in [5, 5.41) is 1.82. The molecular weight excluding hydrogens is 184 g/mol. The van der Waals surface area contributed by atoms with E-state index in [0.29, 0.717) is 10.8 Å². The highest BCUT2D eigenvalue weighted by atomic mass is 35.5. The summed E-state index contributed by atoms with van der Waals surface area (Å²) in [7, 11) is 1.36. The first-order valence-corrected chi connectivity index (χ1v) is 4.41. The molecule has 1 aromatic rings. The summed E-state index contributed by atoms with van der Waals surface area (Å²) in [5.41, 5.74) is 0.837. The lowest BCUT2D eigenvalue weighted by molar-refractivity contribution is 0.0605. The normalized spacial score (nSPS) is 9.64. The van der Waals surface area contributed by atoms with Crippen LogP contribution in [0.3, 0.4) is 0 Å². The van der Waals surface area contributed by atoms with Crippen LogP contribution in [0.2, 0.25) is 0 Å². The van der Waals surface area contributed by atoms with E-state index in [-0.39, 0.29) is 5.97 Å². The van der Waals surface area contributed by atoms with E-state index in [0.717, 1.165) is 5.56 Å². The number of carbonyl (C=O) groups excluding carboxylic acids is 1. The highest BCUT2D eigenvalue weighted by Crippen LogP contribution is 2.19. The molecule has 1 aromatic heterocycles. The van der Waals surface area contributed by atoms with Crippen molar-refractivity contribution in [2.24, 2.45) is 0 Å². The third kappa shape index (κ3) is 1.73. The van der Waals surface area contributed by atoms with Crippen molar-refractivity contribution in [2.75, 3.05) is 7.11 Å². The van der Waals surface area contributed by atoms with Gasteiger partial charge in [0.1, 0.15) is 4.88 Å². The number of rotatable bonds is 2. The minimum atomic E-state index is -0.310. The second kappa shape index (κ2) is 3.74. The molecule has 2 nitrogen and oxygen atoms in total. The molecule has 0 unspecified atom stereocenters. The predicted octanol–water partition coefficient (Wildman–Crippen LogP) is 2.27. The number of methoxy groups -OCH3 is 1. The average Bonchev–Trinajstić information content (AvgIpc) is 2.50. The van der Waals surface area contributed by atoms with Crippen LogP contribution in [0.5, 0.6) is 0 Å². The fourth-order valence-electron chi connectivity index (χ4n) is 0.713. The van der Waals surface area contributed by atoms with Crippen molar-refractivity contribution in [3.05, 3.63) is 21.9 Å². The van der Waals surface area contributed by atoms with Crippen molar-refractivity contribution in [3.8, 4) is 0 Å². The van der Waals surface area contributed by atoms with Gasteiger partial charge in [-0.1, -0.05) is 0 Å². The molecule has 0 saturated heterocycles. The maximum absolute atomic E-state index is 11.0. The summed E-state index contributed by atoms with van der Waals surface area (Å²) >= 11 is 6.92. The van der Waals surface area contributed by atoms with Gasteiger partial charge in [-0.2, -0.15) is 0 Å². The molecule has 4 heteroatoms. The molecule has 0 atom stereocenters. The third-order valence-corrected chi connectivity index (χ3v) is 2.49. The highest BCUT2D eigenvalue weighted by Gasteiger charge is 2.11. The maximum atomic E-state index is 11.0. The Balaban J connectivity index is 2.92. The van der Waals surface area contributed by atoms with Crippen molar-refractivity contribution in [1.82, 2.24) is 0 Å². The topological polar surface area (TPSA) is 26.3 Å². The van der Waals surface area contributed by atoms with Gasteiger partial charge < -0.3 is 4.74 Å². The molecule has 0 aliphatic rings. The van der Waals surface area contributed by atoms with Crippen LogP contribution in [-0.4, -0.2) is 13.1 Å². The molecule has 0 bridgehead atoms. The largest absolute Gasteiger partial charge is 0.465 e. The molecule has 0 fully saturated rings. The number of hydrogen-bond acceptors (Lipinski definition) is 3. The molecule has 0 N–H and O–H groups in total. The summed E-state index contributed by atoms with van der Waals surface area (Å²) in [6.45, 7) is 0. The van der Waals surface area contributed by atoms with Gasteiger partial charge in [-0.3, -0.25) is 0 Å². The van der Waals surface area contributed by atoms with Gasteiger partial charge in [-0.05, 0) is 17.0 Å². The molecule has 11 heavy (non-hydrogen) atoms. The molecule has 0 radical (unpaired) electrons. The molecule has 1 heterocycles. The Labute approximate surface area is 73.7 Å². The maximum Gasteiger partial charge on any atom is 0.348 e. The van der Waals surface area contributed by atoms with Crippen LogP contribution in [0.25, 0.3) is 0 Å². The van der Waals surface area contributed by atoms with Crippen LogP contribution in [-0.2, 0) is 10.6 Å². The molecule has 1 rings (SSSR count). The molecule has 0 amide bonds. The van der Waals surface area contributed by atoms with Crippen LogP contribution in [0.15, 0.2) is 11.4 Å². The second-order valence-corrected chi connectivity index (χ2v) is 3.08. The van der Waals surface area contributed by atoms with Crippen LogP contribution in [0.4, 0.5) is 0 Å². The highest BCUT2D eigenvalue weighted by molar-refractivity contribution is 7.12. The van der Waals surface area contributed by atoms with Crippen molar-refractivity contribution >= 4 is 28.9 Å². The molecule has 0 aliphatic heterocycles. The predicted molar refractivity (Wildman–Crippen MR) is 45.2 cm³/mol. The lowest BCUT2D eigenvalue weighted by atomic mass is 10.3. The van der Waals surface area contributed by atoms with Crippen molar-refractivity contribution in [1.29, 1.82) is 0 Å². The van der Waals surface area contributed by atoms with E-state index in [1.165, 1.54) is 18.4 Å². The zero-order chi connectivity index (χ0) is 8.27. The standard InChI is InChI=1S/C7H7ClO2S/c1-10-7(9)6-5(4-8)2-3-11-6/h2-3H,4H2,1H3. The van der Waals surface area contributed by atoms with E-state index in [1.807, 2.05) is 11.4 Å². The van der Waals surface area contributed by atoms with E-state index in [9.17, 15) is 4.79 Å². The summed E-state index contributed by atoms with van der Waals surface area (Å²) in [5.74, 6) is 0.0455. The van der Waals surface area contributed by atoms with Gasteiger partial charge in [0.2, 0.25) is 0 Å². The molecule has 0 spiro atoms. The fourth-order valence-corrected chi connectivity index (χ4v) is 1.85. The average molecular weight is 191 g/mol. The monoisotopic (exact) mass is 190 g/mol. The van der Waals surface area contributed by atoms with E-state index in [2.05, 4.69) is 4.74 Å². The van der Waals surface area contributed by atoms with Crippen molar-refractivity contribution in [3.63, 3.8) is 0 Å². The Hall–Kier alpha value is -0.540. The second-order valence-electron chi connectivity index (χ2n) is 1.90. The molecule has 60 valence electrons. The van der Waals surface area contributed by atoms with E-state index < -0.39 is 0 Å². The number of alkyl halides is 1. The Morgan fingerprint density at radius 3 is 3.09 bits per heavy atom. The fraction of sp³-hybridized carbons (Fsp3) is 0.286. The van der Waals surface area contributed by atoms with Gasteiger partial charge in [-0.25, -0.2) is 4.79 Å². The first-order valence-electron chi connectivity index (χ1n) is 3.00. The minimum absolute atomic E-state index is 0.310. The van der Waals surface area contributed by atoms with Crippen LogP contribution in [0, 0.1) is 0 Å². The van der Waals surface area contributed by atoms with Gasteiger partial charge in [0.25, 0.3) is 0 Å². The van der Waals surface area contributed by atoms with Crippen molar-refractivity contribution < 1.29 is 9.53 Å². The summed E-state index contributed by atoms with van der Waals surface area (Å²) in [6.07, 6.45) is 0. The first kappa shape index (κ1) is 8.56. The zero-order valence-electron chi connectivity index (χ0n) is 5.96. The zero-order valence-corrected chi connectivity index (χ0v) is 7.54. The third-order valence-electron chi connectivity index (χ3n) is 1.26. The van der Waals surface area contributed by atoms with E-state index in [1.54, 1.807) is 0 Å². The van der Waals surface area contributed by atoms with E-state index in [4.69, 9.17) is 11.6 Å². The van der Waals surface area contributed by atoms with Gasteiger partial charge in [-0.15, -0.1) is 22.9 Å². The number of thiophene rings is 1. The summed E-state index contributed by atoms with van der Waals surface area (Å²) < 4.78 is 4.55. The molecule has 0 saturated carbocycles. The Morgan fingerprint density at radius 2 is 2.55 bits per heavy atom. The Morgan fingerprint density at radius 1 is 1.82 bits per heavy atom. The van der Waals surface area contributed by atoms with Gasteiger partial charge >= 0.3 is 5.97 Å². The van der Waals surface area contributed by atoms with Crippen LogP contribution >= 0.6 is 22.9 Å². The van der Waals surface area contributed by atoms with Crippen LogP contribution in [0.1, 0.15) is 15.2 Å². The van der Waals surface area contributed by atoms with Gasteiger partial charge in [0.05, 0.1) is 7.11 Å². The Kier molecular flexibility index (Phi) is 2.91. The van der Waals surface area contributed by atoms with Gasteiger partial charge in [0.15, 0.2) is 0 Å². The SMILES string of the molecule is COC(=O)c1sccc1CCl. The molecule has 0 aromatic carbocycles. The lowest BCUT2D eigenvalue weighted by Gasteiger charge is -1.96. The number of hydrogen-bond donors (Lipinski definition) is 0. The smallest absolute Gasteiger partial charge is 0.348 e. The summed E-state index contributed by atoms with van der Waals surface area (Å²) in [4.78, 5) is 11.6. The van der Waals surface area contributed by atoms with Crippen LogP contribution < -0.4 is 0 Å². The van der Waals surface area contributed by atoms with Gasteiger partial charge in [0, 0.05) is 5.88 Å².